The minimum Gasteiger partial charge on any atom is -0.477 e. The van der Waals surface area contributed by atoms with E-state index in [-0.39, 0.29) is 10.8 Å². The zero-order chi connectivity index (χ0) is 21.3. The Bertz CT molecular complexity index is 1010. The number of benzene rings is 1. The highest BCUT2D eigenvalue weighted by atomic mass is 32.2. The third kappa shape index (κ3) is 3.65. The van der Waals surface area contributed by atoms with Crippen LogP contribution < -0.4 is 21.5 Å². The summed E-state index contributed by atoms with van der Waals surface area (Å²) >= 11 is 0. The van der Waals surface area contributed by atoms with Gasteiger partial charge in [0.25, 0.3) is 0 Å². The maximum atomic E-state index is 13.0. The molecule has 0 spiro atoms. The first-order valence-electron chi connectivity index (χ1n) is 10.3. The van der Waals surface area contributed by atoms with Crippen LogP contribution in [0.25, 0.3) is 0 Å². The lowest BCUT2D eigenvalue weighted by atomic mass is 9.92. The Morgan fingerprint density at radius 3 is 2.30 bits per heavy atom. The molecule has 0 saturated carbocycles. The second-order valence-electron chi connectivity index (χ2n) is 7.71. The van der Waals surface area contributed by atoms with Gasteiger partial charge < -0.3 is 21.5 Å². The fourth-order valence-corrected chi connectivity index (χ4v) is 5.67. The molecule has 2 amide bonds. The molecule has 1 atom stereocenters. The molecule has 30 heavy (non-hydrogen) atoms. The molecular weight excluding hydrogens is 404 g/mol. The lowest BCUT2D eigenvalue weighted by Crippen LogP contribution is -2.37. The number of carbonyl (C=O) groups excluding carboxylic acids is 1. The molecule has 1 heterocycles. The van der Waals surface area contributed by atoms with Crippen molar-refractivity contribution in [2.45, 2.75) is 51.5 Å². The molecular formula is C20H28N6O3S. The first-order valence-corrected chi connectivity index (χ1v) is 11.9. The van der Waals surface area contributed by atoms with Crippen LogP contribution in [0, 0.1) is 4.78 Å². The highest BCUT2D eigenvalue weighted by molar-refractivity contribution is 7.95. The number of nitrogens with two attached hydrogens (primary N) is 2. The van der Waals surface area contributed by atoms with Gasteiger partial charge in [-0.05, 0) is 66.3 Å². The Morgan fingerprint density at radius 2 is 1.77 bits per heavy atom. The lowest BCUT2D eigenvalue weighted by molar-refractivity contribution is 0.257. The molecule has 0 aromatic heterocycles. The van der Waals surface area contributed by atoms with Crippen LogP contribution >= 0.6 is 0 Å². The second kappa shape index (κ2) is 8.27. The summed E-state index contributed by atoms with van der Waals surface area (Å²) in [6.45, 7) is 1.41. The van der Waals surface area contributed by atoms with Crippen molar-refractivity contribution >= 4 is 27.5 Å². The summed E-state index contributed by atoms with van der Waals surface area (Å²) in [6.07, 6.45) is 7.46. The van der Waals surface area contributed by atoms with Crippen molar-refractivity contribution in [1.29, 1.82) is 4.78 Å². The minimum absolute atomic E-state index is 0.0538. The SMILES string of the molecule is N=S(=O)(NC(=O)Nc1c2c(c(CN)c3c1CCC3)CCC2)C(=CN)C1=NCCCO1. The van der Waals surface area contributed by atoms with E-state index in [1.165, 1.54) is 16.7 Å². The van der Waals surface area contributed by atoms with E-state index in [9.17, 15) is 9.00 Å². The predicted molar refractivity (Wildman–Crippen MR) is 117 cm³/mol. The molecule has 0 fully saturated rings. The van der Waals surface area contributed by atoms with Gasteiger partial charge in [-0.25, -0.2) is 18.5 Å². The second-order valence-corrected chi connectivity index (χ2v) is 9.47. The molecule has 1 aliphatic heterocycles. The van der Waals surface area contributed by atoms with Crippen LogP contribution in [0.1, 0.15) is 47.1 Å². The summed E-state index contributed by atoms with van der Waals surface area (Å²) in [5.41, 5.74) is 18.4. The largest absolute Gasteiger partial charge is 0.477 e. The molecule has 1 aromatic rings. The van der Waals surface area contributed by atoms with E-state index in [4.69, 9.17) is 21.0 Å². The predicted octanol–water partition coefficient (Wildman–Crippen LogP) is 1.82. The quantitative estimate of drug-likeness (QED) is 0.480. The number of aliphatic imine (C=N–C) groups is 1. The number of anilines is 1. The van der Waals surface area contributed by atoms with E-state index < -0.39 is 15.9 Å². The highest BCUT2D eigenvalue weighted by Crippen LogP contribution is 2.41. The molecule has 4 rings (SSSR count). The Kier molecular flexibility index (Phi) is 5.70. The van der Waals surface area contributed by atoms with Crippen LogP contribution in [0.15, 0.2) is 16.1 Å². The molecule has 0 saturated heterocycles. The topological polar surface area (TPSA) is 156 Å². The van der Waals surface area contributed by atoms with Crippen molar-refractivity contribution in [3.8, 4) is 0 Å². The normalized spacial score (nSPS) is 19.9. The zero-order valence-electron chi connectivity index (χ0n) is 16.9. The fraction of sp³-hybridized carbons (Fsp3) is 0.500. The summed E-state index contributed by atoms with van der Waals surface area (Å²) < 4.78 is 28.8. The van der Waals surface area contributed by atoms with E-state index in [0.29, 0.717) is 19.7 Å². The Labute approximate surface area is 176 Å². The molecule has 9 nitrogen and oxygen atoms in total. The van der Waals surface area contributed by atoms with Crippen LogP contribution in [0.2, 0.25) is 0 Å². The van der Waals surface area contributed by atoms with Crippen molar-refractivity contribution in [3.05, 3.63) is 38.9 Å². The monoisotopic (exact) mass is 432 g/mol. The number of hydrogen-bond acceptors (Lipinski definition) is 7. The molecule has 0 bridgehead atoms. The number of urea groups is 1. The minimum atomic E-state index is -3.73. The molecule has 0 radical (unpaired) electrons. The maximum absolute atomic E-state index is 13.0. The molecule has 3 aliphatic rings. The molecule has 1 unspecified atom stereocenters. The van der Waals surface area contributed by atoms with Gasteiger partial charge in [-0.3, -0.25) is 4.99 Å². The van der Waals surface area contributed by atoms with Crippen molar-refractivity contribution < 1.29 is 13.7 Å². The van der Waals surface area contributed by atoms with Crippen LogP contribution in [-0.4, -0.2) is 29.3 Å². The van der Waals surface area contributed by atoms with E-state index >= 15 is 0 Å². The van der Waals surface area contributed by atoms with Crippen LogP contribution in [0.3, 0.4) is 0 Å². The fourth-order valence-electron chi connectivity index (χ4n) is 4.69. The Balaban J connectivity index is 1.60. The number of hydrogen-bond donors (Lipinski definition) is 5. The smallest absolute Gasteiger partial charge is 0.331 e. The molecule has 1 aromatic carbocycles. The van der Waals surface area contributed by atoms with Crippen molar-refractivity contribution in [2.75, 3.05) is 18.5 Å². The lowest BCUT2D eigenvalue weighted by Gasteiger charge is -2.21. The van der Waals surface area contributed by atoms with Gasteiger partial charge in [0, 0.05) is 31.4 Å². The molecule has 7 N–H and O–H groups in total. The van der Waals surface area contributed by atoms with Gasteiger partial charge in [-0.1, -0.05) is 0 Å². The Hall–Kier alpha value is -2.59. The first kappa shape index (κ1) is 20.7. The number of ether oxygens (including phenoxy) is 1. The van der Waals surface area contributed by atoms with Crippen molar-refractivity contribution in [2.24, 2.45) is 16.5 Å². The average molecular weight is 433 g/mol. The number of carbonyl (C=O) groups is 1. The van der Waals surface area contributed by atoms with Crippen molar-refractivity contribution in [3.63, 3.8) is 0 Å². The first-order chi connectivity index (χ1) is 14.5. The summed E-state index contributed by atoms with van der Waals surface area (Å²) in [4.78, 5) is 16.8. The van der Waals surface area contributed by atoms with Crippen LogP contribution in [-0.2, 0) is 46.9 Å². The third-order valence-corrected chi connectivity index (χ3v) is 7.32. The zero-order valence-corrected chi connectivity index (χ0v) is 17.7. The third-order valence-electron chi connectivity index (χ3n) is 5.92. The molecule has 2 aliphatic carbocycles. The van der Waals surface area contributed by atoms with E-state index in [1.54, 1.807) is 0 Å². The Morgan fingerprint density at radius 1 is 1.13 bits per heavy atom. The van der Waals surface area contributed by atoms with Crippen LogP contribution in [0.4, 0.5) is 10.5 Å². The van der Waals surface area contributed by atoms with Gasteiger partial charge in [0.05, 0.1) is 6.61 Å². The van der Waals surface area contributed by atoms with Gasteiger partial charge in [-0.2, -0.15) is 0 Å². The number of rotatable bonds is 5. The maximum Gasteiger partial charge on any atom is 0.331 e. The van der Waals surface area contributed by atoms with Gasteiger partial charge in [0.15, 0.2) is 9.92 Å². The number of nitrogens with zero attached hydrogens (tertiary/aromatic N) is 1. The summed E-state index contributed by atoms with van der Waals surface area (Å²) in [5.74, 6) is 0.0538. The van der Waals surface area contributed by atoms with Gasteiger partial charge in [-0.15, -0.1) is 0 Å². The summed E-state index contributed by atoms with van der Waals surface area (Å²) in [5, 5.41) is 2.89. The van der Waals surface area contributed by atoms with Gasteiger partial charge in [0.2, 0.25) is 5.90 Å². The average Bonchev–Trinajstić information content (AvgIpc) is 3.38. The highest BCUT2D eigenvalue weighted by Gasteiger charge is 2.30. The standard InChI is InChI=1S/C20H28N6O3S/c21-10-16-12-4-1-6-14(12)18(15-7-2-5-13(15)16)25-20(27)26-30(23,28)17(11-22)19-24-8-3-9-29-19/h11H,1-10,21-22H2,(H3,23,25,26,27,28). The van der Waals surface area contributed by atoms with E-state index in [1.807, 2.05) is 0 Å². The van der Waals surface area contributed by atoms with E-state index in [0.717, 1.165) is 68.0 Å². The van der Waals surface area contributed by atoms with Gasteiger partial charge >= 0.3 is 6.03 Å². The van der Waals surface area contributed by atoms with Crippen molar-refractivity contribution in [1.82, 2.24) is 4.72 Å². The molecule has 162 valence electrons. The number of nitrogens with one attached hydrogen (secondary N) is 3. The van der Waals surface area contributed by atoms with E-state index in [2.05, 4.69) is 15.0 Å². The summed E-state index contributed by atoms with van der Waals surface area (Å²) in [7, 11) is -3.73. The molecule has 10 heteroatoms. The number of amides is 2. The summed E-state index contributed by atoms with van der Waals surface area (Å²) in [6, 6.07) is -0.700. The number of fused-ring (bicyclic) bond motifs is 2. The van der Waals surface area contributed by atoms with Crippen LogP contribution in [0.5, 0.6) is 0 Å². The van der Waals surface area contributed by atoms with Gasteiger partial charge in [0.1, 0.15) is 4.91 Å².